The number of nitrogens with zero attached hydrogens (tertiary/aromatic N) is 3. The third kappa shape index (κ3) is 2.11. The molecule has 1 spiro atoms. The molecule has 1 aromatic rings. The van der Waals surface area contributed by atoms with Crippen molar-refractivity contribution in [1.82, 2.24) is 9.78 Å². The fourth-order valence-corrected chi connectivity index (χ4v) is 2.91. The van der Waals surface area contributed by atoms with Crippen LogP contribution in [0.1, 0.15) is 25.7 Å². The maximum atomic E-state index is 12.0. The van der Waals surface area contributed by atoms with E-state index in [0.29, 0.717) is 12.4 Å². The average Bonchev–Trinajstić information content (AvgIpc) is 2.95. The fourth-order valence-electron chi connectivity index (χ4n) is 2.91. The van der Waals surface area contributed by atoms with Gasteiger partial charge >= 0.3 is 6.09 Å². The highest BCUT2D eigenvalue weighted by Crippen LogP contribution is 2.39. The Morgan fingerprint density at radius 2 is 2.21 bits per heavy atom. The van der Waals surface area contributed by atoms with Gasteiger partial charge in [0.15, 0.2) is 5.82 Å². The molecule has 1 aliphatic carbocycles. The summed E-state index contributed by atoms with van der Waals surface area (Å²) < 4.78 is 7.24. The third-order valence-electron chi connectivity index (χ3n) is 4.08. The number of ether oxygens (including phenoxy) is 1. The van der Waals surface area contributed by atoms with Gasteiger partial charge in [-0.1, -0.05) is 0 Å². The summed E-state index contributed by atoms with van der Waals surface area (Å²) >= 11 is 0. The molecule has 3 rings (SSSR count). The second kappa shape index (κ2) is 4.36. The van der Waals surface area contributed by atoms with E-state index >= 15 is 0 Å². The average molecular weight is 263 g/mol. The number of aldehydes is 1. The predicted octanol–water partition coefficient (Wildman–Crippen LogP) is 1.50. The van der Waals surface area contributed by atoms with E-state index in [1.807, 2.05) is 7.05 Å². The van der Waals surface area contributed by atoms with E-state index in [1.165, 1.54) is 0 Å². The number of amides is 1. The minimum atomic E-state index is -0.423. The maximum absolute atomic E-state index is 12.0. The van der Waals surface area contributed by atoms with Gasteiger partial charge < -0.3 is 9.53 Å². The SMILES string of the molecule is Cn1ccc(N2CC3(CCC(C=O)CC3)OC2=O)n1. The van der Waals surface area contributed by atoms with Crippen LogP contribution >= 0.6 is 0 Å². The molecule has 0 N–H and O–H groups in total. The quantitative estimate of drug-likeness (QED) is 0.759. The van der Waals surface area contributed by atoms with Crippen LogP contribution in [0.25, 0.3) is 0 Å². The van der Waals surface area contributed by atoms with E-state index in [9.17, 15) is 9.59 Å². The minimum Gasteiger partial charge on any atom is -0.441 e. The summed E-state index contributed by atoms with van der Waals surface area (Å²) in [6.07, 6.45) is 5.59. The van der Waals surface area contributed by atoms with Crippen LogP contribution in [0.5, 0.6) is 0 Å². The van der Waals surface area contributed by atoms with Crippen LogP contribution < -0.4 is 4.90 Å². The van der Waals surface area contributed by atoms with Crippen molar-refractivity contribution in [2.24, 2.45) is 13.0 Å². The molecule has 1 saturated carbocycles. The van der Waals surface area contributed by atoms with Crippen LogP contribution in [0.3, 0.4) is 0 Å². The zero-order valence-corrected chi connectivity index (χ0v) is 10.9. The van der Waals surface area contributed by atoms with Crippen molar-refractivity contribution in [3.63, 3.8) is 0 Å². The van der Waals surface area contributed by atoms with Crippen LogP contribution in [0.2, 0.25) is 0 Å². The molecular formula is C13H17N3O3. The molecule has 1 saturated heterocycles. The highest BCUT2D eigenvalue weighted by atomic mass is 16.6. The van der Waals surface area contributed by atoms with Crippen molar-refractivity contribution < 1.29 is 14.3 Å². The van der Waals surface area contributed by atoms with E-state index in [1.54, 1.807) is 21.8 Å². The second-order valence-electron chi connectivity index (χ2n) is 5.46. The lowest BCUT2D eigenvalue weighted by Gasteiger charge is -2.33. The van der Waals surface area contributed by atoms with Crippen LogP contribution in [0.4, 0.5) is 10.6 Å². The van der Waals surface area contributed by atoms with Crippen molar-refractivity contribution in [3.05, 3.63) is 12.3 Å². The Bertz CT molecular complexity index is 503. The summed E-state index contributed by atoms with van der Waals surface area (Å²) in [6.45, 7) is 0.536. The molecule has 0 atom stereocenters. The van der Waals surface area contributed by atoms with Gasteiger partial charge in [-0.15, -0.1) is 0 Å². The first kappa shape index (κ1) is 12.2. The number of carbonyl (C=O) groups is 2. The molecule has 0 aromatic carbocycles. The normalized spacial score (nSPS) is 30.7. The largest absolute Gasteiger partial charge is 0.441 e. The number of rotatable bonds is 2. The van der Waals surface area contributed by atoms with Gasteiger partial charge in [0.2, 0.25) is 0 Å². The zero-order chi connectivity index (χ0) is 13.5. The molecule has 2 fully saturated rings. The van der Waals surface area contributed by atoms with Gasteiger partial charge in [-0.3, -0.25) is 9.58 Å². The zero-order valence-electron chi connectivity index (χ0n) is 10.9. The summed E-state index contributed by atoms with van der Waals surface area (Å²) in [5.41, 5.74) is -0.423. The molecule has 2 aliphatic rings. The number of aromatic nitrogens is 2. The Morgan fingerprint density at radius 1 is 1.47 bits per heavy atom. The van der Waals surface area contributed by atoms with Crippen LogP contribution in [-0.4, -0.2) is 34.3 Å². The lowest BCUT2D eigenvalue weighted by Crippen LogP contribution is -2.38. The van der Waals surface area contributed by atoms with E-state index < -0.39 is 5.60 Å². The molecule has 0 unspecified atom stereocenters. The molecule has 0 bridgehead atoms. The van der Waals surface area contributed by atoms with E-state index in [2.05, 4.69) is 5.10 Å². The molecule has 1 aromatic heterocycles. The molecule has 102 valence electrons. The lowest BCUT2D eigenvalue weighted by atomic mass is 9.79. The van der Waals surface area contributed by atoms with Crippen molar-refractivity contribution in [3.8, 4) is 0 Å². The Labute approximate surface area is 111 Å². The molecular weight excluding hydrogens is 246 g/mol. The lowest BCUT2D eigenvalue weighted by molar-refractivity contribution is -0.113. The van der Waals surface area contributed by atoms with Gasteiger partial charge in [-0.2, -0.15) is 5.10 Å². The molecule has 1 amide bonds. The number of carbonyl (C=O) groups excluding carboxylic acids is 2. The van der Waals surface area contributed by atoms with Crippen molar-refractivity contribution in [1.29, 1.82) is 0 Å². The summed E-state index contributed by atoms with van der Waals surface area (Å²) in [7, 11) is 1.82. The van der Waals surface area contributed by atoms with Gasteiger partial charge in [-0.05, 0) is 25.7 Å². The molecule has 6 nitrogen and oxygen atoms in total. The van der Waals surface area contributed by atoms with Crippen molar-refractivity contribution in [2.45, 2.75) is 31.3 Å². The summed E-state index contributed by atoms with van der Waals surface area (Å²) in [5, 5.41) is 4.24. The van der Waals surface area contributed by atoms with Crippen LogP contribution in [-0.2, 0) is 16.6 Å². The number of anilines is 1. The molecule has 2 heterocycles. The van der Waals surface area contributed by atoms with Crippen LogP contribution in [0, 0.1) is 5.92 Å². The van der Waals surface area contributed by atoms with Gasteiger partial charge in [0.1, 0.15) is 11.9 Å². The standard InChI is InChI=1S/C13H17N3O3/c1-15-7-4-11(14-15)16-9-13(19-12(16)18)5-2-10(8-17)3-6-13/h4,7-8,10H,2-3,5-6,9H2,1H3. The van der Waals surface area contributed by atoms with Crippen LogP contribution in [0.15, 0.2) is 12.3 Å². The van der Waals surface area contributed by atoms with E-state index in [-0.39, 0.29) is 12.0 Å². The minimum absolute atomic E-state index is 0.119. The molecule has 6 heteroatoms. The smallest absolute Gasteiger partial charge is 0.416 e. The first-order chi connectivity index (χ1) is 9.12. The van der Waals surface area contributed by atoms with Gasteiger partial charge in [-0.25, -0.2) is 4.79 Å². The number of hydrogen-bond acceptors (Lipinski definition) is 4. The van der Waals surface area contributed by atoms with E-state index in [4.69, 9.17) is 4.74 Å². The maximum Gasteiger partial charge on any atom is 0.416 e. The molecule has 0 radical (unpaired) electrons. The van der Waals surface area contributed by atoms with Crippen molar-refractivity contribution >= 4 is 18.2 Å². The summed E-state index contributed by atoms with van der Waals surface area (Å²) in [4.78, 5) is 24.4. The predicted molar refractivity (Wildman–Crippen MR) is 67.8 cm³/mol. The second-order valence-corrected chi connectivity index (χ2v) is 5.46. The Hall–Kier alpha value is -1.85. The van der Waals surface area contributed by atoms with Gasteiger partial charge in [0.25, 0.3) is 0 Å². The highest BCUT2D eigenvalue weighted by molar-refractivity contribution is 5.89. The fraction of sp³-hybridized carbons (Fsp3) is 0.615. The van der Waals surface area contributed by atoms with Gasteiger partial charge in [0.05, 0.1) is 6.54 Å². The molecule has 19 heavy (non-hydrogen) atoms. The molecule has 1 aliphatic heterocycles. The Balaban J connectivity index is 1.75. The van der Waals surface area contributed by atoms with E-state index in [0.717, 1.165) is 32.0 Å². The first-order valence-electron chi connectivity index (χ1n) is 6.57. The Morgan fingerprint density at radius 3 is 2.79 bits per heavy atom. The van der Waals surface area contributed by atoms with Gasteiger partial charge in [0, 0.05) is 25.2 Å². The highest BCUT2D eigenvalue weighted by Gasteiger charge is 2.48. The topological polar surface area (TPSA) is 64.4 Å². The first-order valence-corrected chi connectivity index (χ1v) is 6.57. The summed E-state index contributed by atoms with van der Waals surface area (Å²) in [5.74, 6) is 0.745. The third-order valence-corrected chi connectivity index (χ3v) is 4.08. The van der Waals surface area contributed by atoms with Crippen molar-refractivity contribution in [2.75, 3.05) is 11.4 Å². The monoisotopic (exact) mass is 263 g/mol. The number of aryl methyl sites for hydroxylation is 1. The number of hydrogen-bond donors (Lipinski definition) is 0. The Kier molecular flexibility index (Phi) is 2.80. The summed E-state index contributed by atoms with van der Waals surface area (Å²) in [6, 6.07) is 1.80.